The van der Waals surface area contributed by atoms with Crippen LogP contribution >= 0.6 is 0 Å². The van der Waals surface area contributed by atoms with Crippen molar-refractivity contribution >= 4 is 17.9 Å². The molecule has 0 saturated carbocycles. The Bertz CT molecular complexity index is 482. The van der Waals surface area contributed by atoms with Gasteiger partial charge in [-0.2, -0.15) is 0 Å². The molecule has 0 radical (unpaired) electrons. The van der Waals surface area contributed by atoms with Crippen molar-refractivity contribution in [2.24, 2.45) is 5.73 Å². The Morgan fingerprint density at radius 3 is 2.58 bits per heavy atom. The molecule has 4 N–H and O–H groups in total. The minimum Gasteiger partial charge on any atom is -0.475 e. The Hall–Kier alpha value is -2.51. The van der Waals surface area contributed by atoms with E-state index < -0.39 is 17.9 Å². The summed E-state index contributed by atoms with van der Waals surface area (Å²) in [7, 11) is 0. The maximum atomic E-state index is 11.7. The van der Waals surface area contributed by atoms with E-state index in [1.807, 2.05) is 0 Å². The van der Waals surface area contributed by atoms with Gasteiger partial charge in [0.2, 0.25) is 11.7 Å². The molecule has 1 aromatic heterocycles. The van der Waals surface area contributed by atoms with E-state index in [-0.39, 0.29) is 18.8 Å². The summed E-state index contributed by atoms with van der Waals surface area (Å²) in [6.45, 7) is 1.88. The second-order valence-corrected chi connectivity index (χ2v) is 3.71. The fourth-order valence-corrected chi connectivity index (χ4v) is 1.38. The third-order valence-electron chi connectivity index (χ3n) is 2.30. The Labute approximate surface area is 109 Å². The third kappa shape index (κ3) is 4.34. The SMILES string of the molecule is CCN(CC(N)=O)C(=O)NCc1ccc(C(=O)O)o1. The Morgan fingerprint density at radius 2 is 2.11 bits per heavy atom. The van der Waals surface area contributed by atoms with Gasteiger partial charge in [-0.3, -0.25) is 4.79 Å². The topological polar surface area (TPSA) is 126 Å². The minimum absolute atomic E-state index is 0.0291. The van der Waals surface area contributed by atoms with Crippen LogP contribution in [0.15, 0.2) is 16.5 Å². The molecule has 8 heteroatoms. The zero-order valence-corrected chi connectivity index (χ0v) is 10.4. The largest absolute Gasteiger partial charge is 0.475 e. The molecule has 19 heavy (non-hydrogen) atoms. The Morgan fingerprint density at radius 1 is 1.42 bits per heavy atom. The number of hydrogen-bond acceptors (Lipinski definition) is 4. The van der Waals surface area contributed by atoms with Crippen LogP contribution in [0, 0.1) is 0 Å². The number of urea groups is 1. The van der Waals surface area contributed by atoms with Crippen LogP contribution in [0.2, 0.25) is 0 Å². The number of nitrogens with two attached hydrogens (primary N) is 1. The van der Waals surface area contributed by atoms with Gasteiger partial charge in [-0.15, -0.1) is 0 Å². The average Bonchev–Trinajstić information content (AvgIpc) is 2.81. The molecule has 0 spiro atoms. The van der Waals surface area contributed by atoms with E-state index >= 15 is 0 Å². The Balaban J connectivity index is 2.52. The molecular weight excluding hydrogens is 254 g/mol. The second-order valence-electron chi connectivity index (χ2n) is 3.71. The molecule has 8 nitrogen and oxygen atoms in total. The third-order valence-corrected chi connectivity index (χ3v) is 2.30. The number of rotatable bonds is 6. The number of carbonyl (C=O) groups is 3. The van der Waals surface area contributed by atoms with Crippen LogP contribution in [0.5, 0.6) is 0 Å². The van der Waals surface area contributed by atoms with Gasteiger partial charge < -0.3 is 25.5 Å². The molecule has 0 saturated heterocycles. The van der Waals surface area contributed by atoms with Gasteiger partial charge in [-0.05, 0) is 19.1 Å². The van der Waals surface area contributed by atoms with E-state index in [4.69, 9.17) is 15.3 Å². The maximum absolute atomic E-state index is 11.7. The summed E-state index contributed by atoms with van der Waals surface area (Å²) in [5, 5.41) is 11.2. The van der Waals surface area contributed by atoms with Gasteiger partial charge in [-0.1, -0.05) is 0 Å². The summed E-state index contributed by atoms with van der Waals surface area (Å²) in [5.41, 5.74) is 5.01. The summed E-state index contributed by atoms with van der Waals surface area (Å²) < 4.78 is 4.97. The molecule has 0 aliphatic carbocycles. The quantitative estimate of drug-likeness (QED) is 0.669. The number of carboxylic acid groups (broad SMARTS) is 1. The molecule has 104 valence electrons. The van der Waals surface area contributed by atoms with Gasteiger partial charge in [0.1, 0.15) is 12.3 Å². The predicted molar refractivity (Wildman–Crippen MR) is 64.3 cm³/mol. The number of carbonyl (C=O) groups excluding carboxylic acids is 2. The van der Waals surface area contributed by atoms with Crippen molar-refractivity contribution in [1.82, 2.24) is 10.2 Å². The van der Waals surface area contributed by atoms with Crippen LogP contribution in [-0.4, -0.2) is 41.0 Å². The van der Waals surface area contributed by atoms with Crippen LogP contribution in [0.3, 0.4) is 0 Å². The zero-order valence-electron chi connectivity index (χ0n) is 10.4. The van der Waals surface area contributed by atoms with Crippen molar-refractivity contribution in [3.05, 3.63) is 23.7 Å². The standard InChI is InChI=1S/C11H15N3O5/c1-2-14(6-9(12)15)11(18)13-5-7-3-4-8(19-7)10(16)17/h3-4H,2,5-6H2,1H3,(H2,12,15)(H,13,18)(H,16,17). The molecule has 0 aliphatic heterocycles. The lowest BCUT2D eigenvalue weighted by atomic mass is 10.4. The van der Waals surface area contributed by atoms with Crippen LogP contribution in [0.1, 0.15) is 23.2 Å². The first-order valence-corrected chi connectivity index (χ1v) is 5.57. The number of furan rings is 1. The molecule has 1 rings (SSSR count). The lowest BCUT2D eigenvalue weighted by Gasteiger charge is -2.19. The smallest absolute Gasteiger partial charge is 0.371 e. The molecule has 0 fully saturated rings. The lowest BCUT2D eigenvalue weighted by molar-refractivity contribution is -0.118. The number of amides is 3. The highest BCUT2D eigenvalue weighted by atomic mass is 16.4. The van der Waals surface area contributed by atoms with Gasteiger partial charge in [0.05, 0.1) is 6.54 Å². The first kappa shape index (κ1) is 14.6. The molecule has 0 atom stereocenters. The molecule has 0 bridgehead atoms. The van der Waals surface area contributed by atoms with E-state index in [9.17, 15) is 14.4 Å². The van der Waals surface area contributed by atoms with Crippen molar-refractivity contribution in [3.63, 3.8) is 0 Å². The molecule has 1 aromatic rings. The molecule has 3 amide bonds. The van der Waals surface area contributed by atoms with Crippen LogP contribution in [-0.2, 0) is 11.3 Å². The van der Waals surface area contributed by atoms with Crippen LogP contribution < -0.4 is 11.1 Å². The normalized spacial score (nSPS) is 9.95. The summed E-state index contributed by atoms with van der Waals surface area (Å²) in [6, 6.07) is 2.27. The highest BCUT2D eigenvalue weighted by molar-refractivity contribution is 5.84. The van der Waals surface area contributed by atoms with Gasteiger partial charge in [0.15, 0.2) is 0 Å². The van der Waals surface area contributed by atoms with Crippen molar-refractivity contribution < 1.29 is 23.9 Å². The lowest BCUT2D eigenvalue weighted by Crippen LogP contribution is -2.43. The summed E-state index contributed by atoms with van der Waals surface area (Å²) in [4.78, 5) is 34.2. The average molecular weight is 269 g/mol. The van der Waals surface area contributed by atoms with Crippen LogP contribution in [0.4, 0.5) is 4.79 Å². The molecule has 1 heterocycles. The highest BCUT2D eigenvalue weighted by Crippen LogP contribution is 2.07. The zero-order chi connectivity index (χ0) is 14.4. The molecular formula is C11H15N3O5. The van der Waals surface area contributed by atoms with E-state index in [0.717, 1.165) is 0 Å². The predicted octanol–water partition coefficient (Wildman–Crippen LogP) is -0.00540. The van der Waals surface area contributed by atoms with E-state index in [2.05, 4.69) is 5.32 Å². The highest BCUT2D eigenvalue weighted by Gasteiger charge is 2.14. The van der Waals surface area contributed by atoms with Gasteiger partial charge in [0, 0.05) is 6.54 Å². The number of nitrogens with zero attached hydrogens (tertiary/aromatic N) is 1. The van der Waals surface area contributed by atoms with Crippen molar-refractivity contribution in [2.75, 3.05) is 13.1 Å². The fourth-order valence-electron chi connectivity index (χ4n) is 1.38. The molecule has 0 aliphatic rings. The number of nitrogens with one attached hydrogen (secondary N) is 1. The number of aromatic carboxylic acids is 1. The Kier molecular flexibility index (Phi) is 4.92. The number of hydrogen-bond donors (Lipinski definition) is 3. The van der Waals surface area contributed by atoms with E-state index in [1.165, 1.54) is 17.0 Å². The van der Waals surface area contributed by atoms with E-state index in [0.29, 0.717) is 12.3 Å². The fraction of sp³-hybridized carbons (Fsp3) is 0.364. The molecule has 0 aromatic carbocycles. The van der Waals surface area contributed by atoms with Gasteiger partial charge in [-0.25, -0.2) is 9.59 Å². The van der Waals surface area contributed by atoms with E-state index in [1.54, 1.807) is 6.92 Å². The number of likely N-dealkylation sites (N-methyl/N-ethyl adjacent to an activating group) is 1. The van der Waals surface area contributed by atoms with Crippen molar-refractivity contribution in [3.8, 4) is 0 Å². The molecule has 0 unspecified atom stereocenters. The minimum atomic E-state index is -1.18. The summed E-state index contributed by atoms with van der Waals surface area (Å²) in [6.07, 6.45) is 0. The second kappa shape index (κ2) is 6.43. The first-order chi connectivity index (χ1) is 8.93. The van der Waals surface area contributed by atoms with Gasteiger partial charge in [0.25, 0.3) is 0 Å². The number of carboxylic acids is 1. The maximum Gasteiger partial charge on any atom is 0.371 e. The first-order valence-electron chi connectivity index (χ1n) is 5.57. The monoisotopic (exact) mass is 269 g/mol. The summed E-state index contributed by atoms with van der Waals surface area (Å²) >= 11 is 0. The summed E-state index contributed by atoms with van der Waals surface area (Å²) in [5.74, 6) is -1.68. The number of primary amides is 1. The van der Waals surface area contributed by atoms with Crippen LogP contribution in [0.25, 0.3) is 0 Å². The van der Waals surface area contributed by atoms with Crippen molar-refractivity contribution in [2.45, 2.75) is 13.5 Å². The van der Waals surface area contributed by atoms with Crippen molar-refractivity contribution in [1.29, 1.82) is 0 Å². The van der Waals surface area contributed by atoms with Gasteiger partial charge >= 0.3 is 12.0 Å².